The molecule has 0 aromatic heterocycles. The van der Waals surface area contributed by atoms with Gasteiger partial charge in [0, 0.05) is 11.1 Å². The first kappa shape index (κ1) is 48.5. The summed E-state index contributed by atoms with van der Waals surface area (Å²) in [6.45, 7) is 23.2. The van der Waals surface area contributed by atoms with Crippen LogP contribution in [0.3, 0.4) is 0 Å². The minimum Gasteiger partial charge on any atom is -0.443 e. The molecule has 0 aliphatic heterocycles. The maximum Gasteiger partial charge on any atom is 0.419 e. The predicted octanol–water partition coefficient (Wildman–Crippen LogP) is 14.6. The average Bonchev–Trinajstić information content (AvgIpc) is 3.23. The van der Waals surface area contributed by atoms with Crippen LogP contribution in [0, 0.1) is 0 Å². The second kappa shape index (κ2) is 19.6. The first-order valence-corrected chi connectivity index (χ1v) is 25.7. The third-order valence-corrected chi connectivity index (χ3v) is 12.0. The zero-order chi connectivity index (χ0) is 48.0. The van der Waals surface area contributed by atoms with E-state index in [1.165, 1.54) is 19.9 Å². The van der Waals surface area contributed by atoms with Crippen molar-refractivity contribution in [2.24, 2.45) is 4.99 Å². The summed E-state index contributed by atoms with van der Waals surface area (Å²) in [5.74, 6) is 0. The van der Waals surface area contributed by atoms with Crippen LogP contribution in [-0.2, 0) is 14.2 Å². The standard InChI is InChI=1S/C55H62N4O6Si/c1-53(2,3)63-50(60)57(42-25-23-41(24-26-42)56-49(39-19-15-13-16-20-39)40-21-17-14-18-22-40)43-27-29-44(30-28-43)58(51(61)64-54(4,5)6)45-31-33-46(34-32-45)59(52(62)65-55(7,8)9)47-35-37-48(38-36-47)66(10,11)12/h13-38H,1-12H3. The lowest BCUT2D eigenvalue weighted by Crippen LogP contribution is -2.38. The van der Waals surface area contributed by atoms with Crippen LogP contribution in [0.5, 0.6) is 0 Å². The lowest BCUT2D eigenvalue weighted by Gasteiger charge is -2.30. The summed E-state index contributed by atoms with van der Waals surface area (Å²) in [5.41, 5.74) is 4.39. The monoisotopic (exact) mass is 902 g/mol. The molecule has 6 aromatic carbocycles. The fourth-order valence-electron chi connectivity index (χ4n) is 6.91. The molecule has 66 heavy (non-hydrogen) atoms. The Hall–Kier alpha value is -6.98. The van der Waals surface area contributed by atoms with Crippen molar-refractivity contribution < 1.29 is 28.6 Å². The van der Waals surface area contributed by atoms with Gasteiger partial charge < -0.3 is 14.2 Å². The first-order chi connectivity index (χ1) is 31.0. The molecule has 3 amide bonds. The van der Waals surface area contributed by atoms with Gasteiger partial charge in [0.25, 0.3) is 0 Å². The van der Waals surface area contributed by atoms with Gasteiger partial charge in [-0.05, 0) is 147 Å². The molecule has 10 nitrogen and oxygen atoms in total. The second-order valence-corrected chi connectivity index (χ2v) is 25.1. The molecule has 0 atom stereocenters. The number of ether oxygens (including phenoxy) is 3. The van der Waals surface area contributed by atoms with Crippen molar-refractivity contribution >= 4 is 77.1 Å². The zero-order valence-electron chi connectivity index (χ0n) is 40.2. The van der Waals surface area contributed by atoms with E-state index in [2.05, 4.69) is 31.8 Å². The Balaban J connectivity index is 1.36. The lowest BCUT2D eigenvalue weighted by molar-refractivity contribution is 0.0587. The molecule has 11 heteroatoms. The molecule has 0 unspecified atom stereocenters. The Morgan fingerprint density at radius 3 is 0.909 bits per heavy atom. The van der Waals surface area contributed by atoms with Crippen LogP contribution in [-0.4, -0.2) is 48.9 Å². The fraction of sp³-hybridized carbons (Fsp3) is 0.273. The number of hydrogen-bond donors (Lipinski definition) is 0. The van der Waals surface area contributed by atoms with Crippen molar-refractivity contribution in [3.63, 3.8) is 0 Å². The summed E-state index contributed by atoms with van der Waals surface area (Å²) < 4.78 is 17.7. The number of amides is 3. The van der Waals surface area contributed by atoms with E-state index in [9.17, 15) is 14.4 Å². The van der Waals surface area contributed by atoms with E-state index < -0.39 is 43.2 Å². The smallest absolute Gasteiger partial charge is 0.419 e. The van der Waals surface area contributed by atoms with Gasteiger partial charge in [-0.1, -0.05) is 97.6 Å². The number of aliphatic imine (C=N–C) groups is 1. The summed E-state index contributed by atoms with van der Waals surface area (Å²) in [5, 5.41) is 1.26. The Bertz CT molecular complexity index is 2580. The zero-order valence-corrected chi connectivity index (χ0v) is 41.2. The van der Waals surface area contributed by atoms with E-state index in [1.807, 2.05) is 139 Å². The highest BCUT2D eigenvalue weighted by Crippen LogP contribution is 2.36. The van der Waals surface area contributed by atoms with Crippen LogP contribution in [0.15, 0.2) is 163 Å². The molecule has 0 N–H and O–H groups in total. The maximum atomic E-state index is 14.1. The van der Waals surface area contributed by atoms with Crippen LogP contribution in [0.25, 0.3) is 0 Å². The largest absolute Gasteiger partial charge is 0.443 e. The highest BCUT2D eigenvalue weighted by atomic mass is 28.3. The third kappa shape index (κ3) is 12.8. The van der Waals surface area contributed by atoms with E-state index >= 15 is 0 Å². The molecule has 0 saturated carbocycles. The highest BCUT2D eigenvalue weighted by Gasteiger charge is 2.30. The quantitative estimate of drug-likeness (QED) is 0.0771. The van der Waals surface area contributed by atoms with Gasteiger partial charge in [0.15, 0.2) is 0 Å². The van der Waals surface area contributed by atoms with Crippen LogP contribution < -0.4 is 19.9 Å². The molecule has 342 valence electrons. The average molecular weight is 903 g/mol. The summed E-state index contributed by atoms with van der Waals surface area (Å²) >= 11 is 0. The van der Waals surface area contributed by atoms with Crippen molar-refractivity contribution in [1.29, 1.82) is 0 Å². The number of anilines is 6. The molecular weight excluding hydrogens is 841 g/mol. The Morgan fingerprint density at radius 2 is 0.652 bits per heavy atom. The molecular formula is C55H62N4O6Si. The molecule has 0 radical (unpaired) electrons. The van der Waals surface area contributed by atoms with Crippen LogP contribution in [0.1, 0.15) is 73.4 Å². The molecule has 6 rings (SSSR count). The molecule has 0 aliphatic rings. The summed E-state index contributed by atoms with van der Waals surface area (Å²) in [6.07, 6.45) is -1.72. The minimum atomic E-state index is -1.60. The molecule has 0 heterocycles. The van der Waals surface area contributed by atoms with E-state index in [1.54, 1.807) is 69.3 Å². The third-order valence-electron chi connectivity index (χ3n) is 9.90. The highest BCUT2D eigenvalue weighted by molar-refractivity contribution is 6.88. The molecule has 6 aromatic rings. The molecule has 0 bridgehead atoms. The number of benzene rings is 6. The molecule has 0 aliphatic carbocycles. The number of hydrogen-bond acceptors (Lipinski definition) is 7. The summed E-state index contributed by atoms with van der Waals surface area (Å²) in [7, 11) is -1.60. The van der Waals surface area contributed by atoms with Crippen molar-refractivity contribution in [3.8, 4) is 0 Å². The van der Waals surface area contributed by atoms with Crippen LogP contribution in [0.2, 0.25) is 19.6 Å². The summed E-state index contributed by atoms with van der Waals surface area (Å²) in [4.78, 5) is 51.5. The fourth-order valence-corrected chi connectivity index (χ4v) is 8.07. The van der Waals surface area contributed by atoms with E-state index in [-0.39, 0.29) is 0 Å². The Labute approximate surface area is 391 Å². The van der Waals surface area contributed by atoms with Gasteiger partial charge in [-0.15, -0.1) is 0 Å². The van der Waals surface area contributed by atoms with Crippen molar-refractivity contribution in [2.75, 3.05) is 14.7 Å². The number of nitrogens with zero attached hydrogens (tertiary/aromatic N) is 4. The number of carbonyl (C=O) groups is 3. The van der Waals surface area contributed by atoms with Crippen molar-refractivity contribution in [1.82, 2.24) is 0 Å². The lowest BCUT2D eigenvalue weighted by atomic mass is 10.0. The van der Waals surface area contributed by atoms with Crippen molar-refractivity contribution in [2.45, 2.75) is 98.8 Å². The van der Waals surface area contributed by atoms with Gasteiger partial charge in [-0.3, -0.25) is 0 Å². The maximum absolute atomic E-state index is 14.1. The van der Waals surface area contributed by atoms with E-state index in [0.29, 0.717) is 39.8 Å². The molecule has 0 fully saturated rings. The summed E-state index contributed by atoms with van der Waals surface area (Å²) in [6, 6.07) is 49.5. The van der Waals surface area contributed by atoms with Gasteiger partial charge >= 0.3 is 18.3 Å². The van der Waals surface area contributed by atoms with Crippen LogP contribution >= 0.6 is 0 Å². The van der Waals surface area contributed by atoms with Gasteiger partial charge in [0.05, 0.1) is 53.6 Å². The number of rotatable bonds is 10. The molecule has 0 spiro atoms. The first-order valence-electron chi connectivity index (χ1n) is 22.2. The van der Waals surface area contributed by atoms with Crippen molar-refractivity contribution in [3.05, 3.63) is 169 Å². The normalized spacial score (nSPS) is 11.8. The van der Waals surface area contributed by atoms with E-state index in [0.717, 1.165) is 16.8 Å². The van der Waals surface area contributed by atoms with Crippen LogP contribution in [0.4, 0.5) is 54.2 Å². The second-order valence-electron chi connectivity index (χ2n) is 20.0. The topological polar surface area (TPSA) is 101 Å². The van der Waals surface area contributed by atoms with Gasteiger partial charge in [-0.2, -0.15) is 0 Å². The van der Waals surface area contributed by atoms with Gasteiger partial charge in [0.2, 0.25) is 0 Å². The number of carbonyl (C=O) groups excluding carboxylic acids is 3. The van der Waals surface area contributed by atoms with Gasteiger partial charge in [0.1, 0.15) is 16.8 Å². The Morgan fingerprint density at radius 1 is 0.394 bits per heavy atom. The Kier molecular flexibility index (Phi) is 14.4. The molecule has 0 saturated heterocycles. The predicted molar refractivity (Wildman–Crippen MR) is 272 cm³/mol. The van der Waals surface area contributed by atoms with E-state index in [4.69, 9.17) is 19.2 Å². The SMILES string of the molecule is CC(C)(C)OC(=O)N(c1ccc(N=C(c2ccccc2)c2ccccc2)cc1)c1ccc(N(C(=O)OC(C)(C)C)c2ccc(N(C(=O)OC(C)(C)C)c3ccc([Si](C)(C)C)cc3)cc2)cc1. The van der Waals surface area contributed by atoms with Gasteiger partial charge in [-0.25, -0.2) is 34.1 Å². The minimum absolute atomic E-state index is 0.481.